The zero-order valence-corrected chi connectivity index (χ0v) is 16.8. The maximum Gasteiger partial charge on any atom is 0.253 e. The van der Waals surface area contributed by atoms with E-state index in [1.54, 1.807) is 18.5 Å². The Hall–Kier alpha value is -3.93. The molecule has 0 atom stereocenters. The molecule has 6 nitrogen and oxygen atoms in total. The fraction of sp³-hybridized carbons (Fsp3) is 0.125. The Balaban J connectivity index is 1.52. The molecular weight excluding hydrogens is 374 g/mol. The minimum atomic E-state index is -0.143. The minimum absolute atomic E-state index is 0.143. The highest BCUT2D eigenvalue weighted by molar-refractivity contribution is 5.93. The van der Waals surface area contributed by atoms with Crippen LogP contribution in [0.25, 0.3) is 22.5 Å². The largest absolute Gasteiger partial charge is 0.348 e. The molecule has 1 amide bonds. The van der Waals surface area contributed by atoms with Crippen molar-refractivity contribution in [1.29, 1.82) is 0 Å². The van der Waals surface area contributed by atoms with E-state index in [9.17, 15) is 4.79 Å². The van der Waals surface area contributed by atoms with Gasteiger partial charge < -0.3 is 5.32 Å². The molecular formula is C24H21N5O. The van der Waals surface area contributed by atoms with Crippen LogP contribution in [0.5, 0.6) is 0 Å². The normalized spacial score (nSPS) is 10.6. The van der Waals surface area contributed by atoms with Crippen LogP contribution in [-0.2, 0) is 6.54 Å². The van der Waals surface area contributed by atoms with Gasteiger partial charge in [0, 0.05) is 42.0 Å². The third-order valence-electron chi connectivity index (χ3n) is 4.70. The molecule has 0 unspecified atom stereocenters. The van der Waals surface area contributed by atoms with Crippen molar-refractivity contribution in [2.75, 3.05) is 0 Å². The molecule has 0 radical (unpaired) electrons. The van der Waals surface area contributed by atoms with Crippen molar-refractivity contribution in [2.45, 2.75) is 20.4 Å². The maximum atomic E-state index is 12.3. The highest BCUT2D eigenvalue weighted by Crippen LogP contribution is 2.28. The highest BCUT2D eigenvalue weighted by Gasteiger charge is 2.12. The fourth-order valence-electron chi connectivity index (χ4n) is 3.07. The first-order valence-corrected chi connectivity index (χ1v) is 9.65. The Morgan fingerprint density at radius 2 is 1.73 bits per heavy atom. The van der Waals surface area contributed by atoms with Crippen LogP contribution >= 0.6 is 0 Å². The van der Waals surface area contributed by atoms with E-state index >= 15 is 0 Å². The summed E-state index contributed by atoms with van der Waals surface area (Å²) in [5.74, 6) is 0.558. The number of benzene rings is 1. The van der Waals surface area contributed by atoms with Gasteiger partial charge in [0.2, 0.25) is 0 Å². The predicted molar refractivity (Wildman–Crippen MR) is 116 cm³/mol. The zero-order valence-electron chi connectivity index (χ0n) is 16.8. The number of aryl methyl sites for hydroxylation is 2. The molecule has 3 aromatic heterocycles. The third-order valence-corrected chi connectivity index (χ3v) is 4.70. The van der Waals surface area contributed by atoms with Crippen LogP contribution in [0, 0.1) is 13.8 Å². The van der Waals surface area contributed by atoms with E-state index in [0.29, 0.717) is 17.9 Å². The number of nitrogens with zero attached hydrogens (tertiary/aromatic N) is 4. The van der Waals surface area contributed by atoms with Gasteiger partial charge >= 0.3 is 0 Å². The Labute approximate surface area is 175 Å². The summed E-state index contributed by atoms with van der Waals surface area (Å²) in [6.45, 7) is 4.19. The van der Waals surface area contributed by atoms with Gasteiger partial charge in [-0.25, -0.2) is 9.97 Å². The van der Waals surface area contributed by atoms with Crippen molar-refractivity contribution in [3.8, 4) is 22.5 Å². The van der Waals surface area contributed by atoms with Crippen LogP contribution in [0.1, 0.15) is 27.4 Å². The number of carbonyl (C=O) groups excluding carboxylic acids is 1. The lowest BCUT2D eigenvalue weighted by molar-refractivity contribution is 0.0950. The molecule has 1 aromatic carbocycles. The average molecular weight is 395 g/mol. The second kappa shape index (κ2) is 8.61. The van der Waals surface area contributed by atoms with Crippen molar-refractivity contribution < 1.29 is 4.79 Å². The molecule has 1 N–H and O–H groups in total. The number of nitrogens with one attached hydrogen (secondary N) is 1. The SMILES string of the molecule is Cc1ccc(C(=O)NCc2ccc(-c3nc(C)ncc3-c3ccccn3)cc2)cn1. The molecule has 0 bridgehead atoms. The van der Waals surface area contributed by atoms with Gasteiger partial charge in [0.05, 0.1) is 17.0 Å². The fourth-order valence-corrected chi connectivity index (χ4v) is 3.07. The van der Waals surface area contributed by atoms with Gasteiger partial charge in [-0.3, -0.25) is 14.8 Å². The van der Waals surface area contributed by atoms with Crippen LogP contribution < -0.4 is 5.32 Å². The number of hydrogen-bond acceptors (Lipinski definition) is 5. The first-order valence-electron chi connectivity index (χ1n) is 9.65. The molecule has 0 fully saturated rings. The Morgan fingerprint density at radius 1 is 0.900 bits per heavy atom. The van der Waals surface area contributed by atoms with Crippen molar-refractivity contribution in [2.24, 2.45) is 0 Å². The van der Waals surface area contributed by atoms with E-state index in [4.69, 9.17) is 0 Å². The van der Waals surface area contributed by atoms with Gasteiger partial charge in [-0.05, 0) is 43.7 Å². The van der Waals surface area contributed by atoms with Gasteiger partial charge in [-0.2, -0.15) is 0 Å². The Morgan fingerprint density at radius 3 is 2.43 bits per heavy atom. The van der Waals surface area contributed by atoms with Crippen molar-refractivity contribution in [3.05, 3.63) is 95.8 Å². The third kappa shape index (κ3) is 4.38. The maximum absolute atomic E-state index is 12.3. The summed E-state index contributed by atoms with van der Waals surface area (Å²) in [6, 6.07) is 17.4. The first-order chi connectivity index (χ1) is 14.6. The lowest BCUT2D eigenvalue weighted by Gasteiger charge is -2.10. The Bertz CT molecular complexity index is 1160. The lowest BCUT2D eigenvalue weighted by atomic mass is 10.0. The molecule has 0 spiro atoms. The molecule has 0 aliphatic heterocycles. The number of aromatic nitrogens is 4. The smallest absolute Gasteiger partial charge is 0.253 e. The van der Waals surface area contributed by atoms with E-state index in [0.717, 1.165) is 33.8 Å². The van der Waals surface area contributed by atoms with Crippen molar-refractivity contribution in [1.82, 2.24) is 25.3 Å². The van der Waals surface area contributed by atoms with Crippen LogP contribution in [0.3, 0.4) is 0 Å². The number of pyridine rings is 2. The number of hydrogen-bond donors (Lipinski definition) is 1. The van der Waals surface area contributed by atoms with Gasteiger partial charge in [-0.15, -0.1) is 0 Å². The monoisotopic (exact) mass is 395 g/mol. The van der Waals surface area contributed by atoms with E-state index in [1.807, 2.05) is 68.6 Å². The highest BCUT2D eigenvalue weighted by atomic mass is 16.1. The minimum Gasteiger partial charge on any atom is -0.348 e. The quantitative estimate of drug-likeness (QED) is 0.549. The van der Waals surface area contributed by atoms with Crippen LogP contribution in [-0.4, -0.2) is 25.8 Å². The number of amides is 1. The molecule has 0 saturated heterocycles. The second-order valence-corrected chi connectivity index (χ2v) is 6.96. The summed E-state index contributed by atoms with van der Waals surface area (Å²) in [5, 5.41) is 2.93. The standard InChI is InChI=1S/C24H21N5O/c1-16-6-9-20(14-26-16)24(30)28-13-18-7-10-19(11-8-18)23-21(15-27-17(2)29-23)22-5-3-4-12-25-22/h3-12,14-15H,13H2,1-2H3,(H,28,30). The number of carbonyl (C=O) groups is 1. The van der Waals surface area contributed by atoms with Crippen molar-refractivity contribution >= 4 is 5.91 Å². The van der Waals surface area contributed by atoms with Crippen molar-refractivity contribution in [3.63, 3.8) is 0 Å². The van der Waals surface area contributed by atoms with Gasteiger partial charge in [0.1, 0.15) is 5.82 Å². The lowest BCUT2D eigenvalue weighted by Crippen LogP contribution is -2.22. The van der Waals surface area contributed by atoms with E-state index in [2.05, 4.69) is 25.3 Å². The molecule has 30 heavy (non-hydrogen) atoms. The van der Waals surface area contributed by atoms with E-state index in [-0.39, 0.29) is 5.91 Å². The van der Waals surface area contributed by atoms with Crippen LogP contribution in [0.2, 0.25) is 0 Å². The number of rotatable bonds is 5. The molecule has 0 aliphatic rings. The Kier molecular flexibility index (Phi) is 5.57. The van der Waals surface area contributed by atoms with E-state index in [1.165, 1.54) is 0 Å². The summed E-state index contributed by atoms with van der Waals surface area (Å²) in [6.07, 6.45) is 5.16. The summed E-state index contributed by atoms with van der Waals surface area (Å²) in [4.78, 5) is 29.9. The van der Waals surface area contributed by atoms with Gasteiger partial charge in [0.25, 0.3) is 5.91 Å². The first kappa shape index (κ1) is 19.4. The molecule has 0 saturated carbocycles. The van der Waals surface area contributed by atoms with Gasteiger partial charge in [0.15, 0.2) is 0 Å². The zero-order chi connectivity index (χ0) is 20.9. The average Bonchev–Trinajstić information content (AvgIpc) is 2.79. The molecule has 6 heteroatoms. The molecule has 4 aromatic rings. The van der Waals surface area contributed by atoms with Crippen LogP contribution in [0.15, 0.2) is 73.2 Å². The topological polar surface area (TPSA) is 80.7 Å². The summed E-state index contributed by atoms with van der Waals surface area (Å²) in [7, 11) is 0. The molecule has 4 rings (SSSR count). The van der Waals surface area contributed by atoms with Crippen LogP contribution in [0.4, 0.5) is 0 Å². The predicted octanol–water partition coefficient (Wildman–Crippen LogP) is 4.15. The molecule has 148 valence electrons. The summed E-state index contributed by atoms with van der Waals surface area (Å²) < 4.78 is 0. The van der Waals surface area contributed by atoms with Gasteiger partial charge in [-0.1, -0.05) is 30.3 Å². The molecule has 0 aliphatic carbocycles. The molecule has 3 heterocycles. The second-order valence-electron chi connectivity index (χ2n) is 6.96. The summed E-state index contributed by atoms with van der Waals surface area (Å²) in [5.41, 5.74) is 5.95. The van der Waals surface area contributed by atoms with E-state index < -0.39 is 0 Å². The summed E-state index contributed by atoms with van der Waals surface area (Å²) >= 11 is 0.